The Morgan fingerprint density at radius 2 is 1.86 bits per heavy atom. The van der Waals surface area contributed by atoms with E-state index in [2.05, 4.69) is 11.6 Å². The van der Waals surface area contributed by atoms with Gasteiger partial charge in [0.1, 0.15) is 0 Å². The summed E-state index contributed by atoms with van der Waals surface area (Å²) < 4.78 is 38.1. The minimum Gasteiger partial charge on any atom is -0.490 e. The van der Waals surface area contributed by atoms with Gasteiger partial charge in [0.2, 0.25) is 10.0 Å². The maximum absolute atomic E-state index is 12.2. The molecule has 2 rings (SSSR count). The molecule has 1 aliphatic heterocycles. The molecular formula is C15H23NO4S. The van der Waals surface area contributed by atoms with Crippen LogP contribution in [0.25, 0.3) is 0 Å². The first-order chi connectivity index (χ1) is 10.1. The minimum atomic E-state index is -3.48. The fourth-order valence-corrected chi connectivity index (χ4v) is 3.24. The average Bonchev–Trinajstić information content (AvgIpc) is 2.71. The quantitative estimate of drug-likeness (QED) is 0.786. The highest BCUT2D eigenvalue weighted by Gasteiger charge is 2.18. The highest BCUT2D eigenvalue weighted by Crippen LogP contribution is 2.31. The van der Waals surface area contributed by atoms with Crippen molar-refractivity contribution in [1.82, 2.24) is 4.72 Å². The lowest BCUT2D eigenvalue weighted by molar-refractivity contribution is 0.297. The third-order valence-electron chi connectivity index (χ3n) is 3.35. The van der Waals surface area contributed by atoms with Crippen LogP contribution < -0.4 is 14.2 Å². The van der Waals surface area contributed by atoms with Gasteiger partial charge in [-0.2, -0.15) is 0 Å². The fourth-order valence-electron chi connectivity index (χ4n) is 2.15. The zero-order valence-electron chi connectivity index (χ0n) is 12.4. The van der Waals surface area contributed by atoms with Gasteiger partial charge in [-0.15, -0.1) is 0 Å². The van der Waals surface area contributed by atoms with Gasteiger partial charge in [-0.3, -0.25) is 0 Å². The summed E-state index contributed by atoms with van der Waals surface area (Å²) >= 11 is 0. The lowest BCUT2D eigenvalue weighted by Gasteiger charge is -2.10. The Hall–Kier alpha value is -1.27. The molecule has 1 aromatic carbocycles. The van der Waals surface area contributed by atoms with E-state index < -0.39 is 10.0 Å². The molecule has 0 aromatic heterocycles. The molecule has 118 valence electrons. The van der Waals surface area contributed by atoms with Gasteiger partial charge in [0.05, 0.1) is 18.1 Å². The summed E-state index contributed by atoms with van der Waals surface area (Å²) in [5.74, 6) is 1.11. The molecule has 0 unspecified atom stereocenters. The maximum atomic E-state index is 12.2. The van der Waals surface area contributed by atoms with Crippen molar-refractivity contribution in [3.05, 3.63) is 18.2 Å². The SMILES string of the molecule is CCCCCCNS(=O)(=O)c1ccc2c(c1)OCCCO2. The first kappa shape index (κ1) is 16.1. The number of sulfonamides is 1. The second-order valence-corrected chi connectivity index (χ2v) is 6.88. The Morgan fingerprint density at radius 3 is 2.62 bits per heavy atom. The summed E-state index contributed by atoms with van der Waals surface area (Å²) in [6.07, 6.45) is 4.96. The van der Waals surface area contributed by atoms with Crippen molar-refractivity contribution in [2.24, 2.45) is 0 Å². The molecule has 5 nitrogen and oxygen atoms in total. The Labute approximate surface area is 126 Å². The predicted molar refractivity (Wildman–Crippen MR) is 81.4 cm³/mol. The number of unbranched alkanes of at least 4 members (excludes halogenated alkanes) is 3. The fraction of sp³-hybridized carbons (Fsp3) is 0.600. The Bertz CT molecular complexity index is 557. The normalized spacial score (nSPS) is 14.7. The number of ether oxygens (including phenoxy) is 2. The van der Waals surface area contributed by atoms with E-state index >= 15 is 0 Å². The van der Waals surface area contributed by atoms with E-state index in [-0.39, 0.29) is 4.90 Å². The van der Waals surface area contributed by atoms with Crippen LogP contribution in [-0.4, -0.2) is 28.2 Å². The first-order valence-corrected chi connectivity index (χ1v) is 9.01. The molecule has 0 saturated carbocycles. The van der Waals surface area contributed by atoms with Gasteiger partial charge in [-0.1, -0.05) is 26.2 Å². The van der Waals surface area contributed by atoms with Crippen molar-refractivity contribution >= 4 is 10.0 Å². The molecule has 1 aromatic rings. The molecule has 0 saturated heterocycles. The van der Waals surface area contributed by atoms with Gasteiger partial charge in [0.15, 0.2) is 11.5 Å². The molecule has 0 fully saturated rings. The van der Waals surface area contributed by atoms with Gasteiger partial charge < -0.3 is 9.47 Å². The monoisotopic (exact) mass is 313 g/mol. The van der Waals surface area contributed by atoms with E-state index in [9.17, 15) is 8.42 Å². The van der Waals surface area contributed by atoms with Crippen molar-refractivity contribution < 1.29 is 17.9 Å². The Morgan fingerprint density at radius 1 is 1.10 bits per heavy atom. The van der Waals surface area contributed by atoms with E-state index in [1.165, 1.54) is 6.07 Å². The molecule has 0 aliphatic carbocycles. The molecule has 6 heteroatoms. The van der Waals surface area contributed by atoms with E-state index in [1.807, 2.05) is 0 Å². The van der Waals surface area contributed by atoms with E-state index in [0.717, 1.165) is 32.1 Å². The highest BCUT2D eigenvalue weighted by atomic mass is 32.2. The van der Waals surface area contributed by atoms with Crippen LogP contribution in [0.5, 0.6) is 11.5 Å². The second-order valence-electron chi connectivity index (χ2n) is 5.12. The lowest BCUT2D eigenvalue weighted by atomic mass is 10.2. The molecule has 0 spiro atoms. The number of benzene rings is 1. The van der Waals surface area contributed by atoms with Gasteiger partial charge in [0, 0.05) is 19.0 Å². The molecule has 0 radical (unpaired) electrons. The predicted octanol–water partition coefficient (Wildman–Crippen LogP) is 2.71. The molecule has 1 N–H and O–H groups in total. The molecule has 0 atom stereocenters. The zero-order chi connectivity index (χ0) is 15.1. The van der Waals surface area contributed by atoms with Crippen molar-refractivity contribution in [3.8, 4) is 11.5 Å². The number of rotatable bonds is 7. The van der Waals surface area contributed by atoms with Gasteiger partial charge in [-0.05, 0) is 18.6 Å². The summed E-state index contributed by atoms with van der Waals surface area (Å²) in [6.45, 7) is 3.73. The van der Waals surface area contributed by atoms with Gasteiger partial charge in [0.25, 0.3) is 0 Å². The summed E-state index contributed by atoms with van der Waals surface area (Å²) in [5.41, 5.74) is 0. The molecule has 1 aliphatic rings. The molecular weight excluding hydrogens is 290 g/mol. The minimum absolute atomic E-state index is 0.224. The summed E-state index contributed by atoms with van der Waals surface area (Å²) in [5, 5.41) is 0. The van der Waals surface area contributed by atoms with Crippen LogP contribution in [0.15, 0.2) is 23.1 Å². The lowest BCUT2D eigenvalue weighted by Crippen LogP contribution is -2.24. The van der Waals surface area contributed by atoms with Crippen molar-refractivity contribution in [2.75, 3.05) is 19.8 Å². The van der Waals surface area contributed by atoms with Crippen LogP contribution in [0.4, 0.5) is 0 Å². The third-order valence-corrected chi connectivity index (χ3v) is 4.81. The Balaban J connectivity index is 2.01. The topological polar surface area (TPSA) is 64.6 Å². The third kappa shape index (κ3) is 4.61. The molecule has 21 heavy (non-hydrogen) atoms. The summed E-state index contributed by atoms with van der Waals surface area (Å²) in [6, 6.07) is 4.75. The molecule has 0 amide bonds. The highest BCUT2D eigenvalue weighted by molar-refractivity contribution is 7.89. The van der Waals surface area contributed by atoms with E-state index in [1.54, 1.807) is 12.1 Å². The van der Waals surface area contributed by atoms with Crippen LogP contribution in [0.3, 0.4) is 0 Å². The van der Waals surface area contributed by atoms with Crippen LogP contribution in [0, 0.1) is 0 Å². The number of nitrogens with one attached hydrogen (secondary N) is 1. The van der Waals surface area contributed by atoms with E-state index in [0.29, 0.717) is 31.3 Å². The first-order valence-electron chi connectivity index (χ1n) is 7.53. The van der Waals surface area contributed by atoms with Crippen LogP contribution in [-0.2, 0) is 10.0 Å². The van der Waals surface area contributed by atoms with Crippen LogP contribution >= 0.6 is 0 Å². The Kier molecular flexibility index (Phi) is 5.87. The van der Waals surface area contributed by atoms with E-state index in [4.69, 9.17) is 9.47 Å². The number of fused-ring (bicyclic) bond motifs is 1. The van der Waals surface area contributed by atoms with Crippen molar-refractivity contribution in [1.29, 1.82) is 0 Å². The van der Waals surface area contributed by atoms with Crippen LogP contribution in [0.2, 0.25) is 0 Å². The molecule has 0 bridgehead atoms. The van der Waals surface area contributed by atoms with Crippen LogP contribution in [0.1, 0.15) is 39.0 Å². The summed E-state index contributed by atoms with van der Waals surface area (Å²) in [7, 11) is -3.48. The largest absolute Gasteiger partial charge is 0.490 e. The second kappa shape index (κ2) is 7.66. The molecule has 1 heterocycles. The van der Waals surface area contributed by atoms with Gasteiger partial charge in [-0.25, -0.2) is 13.1 Å². The summed E-state index contributed by atoms with van der Waals surface area (Å²) in [4.78, 5) is 0.224. The van der Waals surface area contributed by atoms with Crippen molar-refractivity contribution in [2.45, 2.75) is 43.9 Å². The number of hydrogen-bond acceptors (Lipinski definition) is 4. The smallest absolute Gasteiger partial charge is 0.240 e. The average molecular weight is 313 g/mol. The zero-order valence-corrected chi connectivity index (χ0v) is 13.2. The number of hydrogen-bond donors (Lipinski definition) is 1. The van der Waals surface area contributed by atoms with Crippen molar-refractivity contribution in [3.63, 3.8) is 0 Å². The van der Waals surface area contributed by atoms with Gasteiger partial charge >= 0.3 is 0 Å². The standard InChI is InChI=1S/C15H23NO4S/c1-2-3-4-5-9-16-21(17,18)13-7-8-14-15(12-13)20-11-6-10-19-14/h7-8,12,16H,2-6,9-11H2,1H3. The maximum Gasteiger partial charge on any atom is 0.240 e.